The highest BCUT2D eigenvalue weighted by Crippen LogP contribution is 2.30. The minimum absolute atomic E-state index is 0.216. The molecule has 0 saturated carbocycles. The van der Waals surface area contributed by atoms with Crippen molar-refractivity contribution in [2.45, 2.75) is 5.92 Å². The fourth-order valence-corrected chi connectivity index (χ4v) is 3.69. The van der Waals surface area contributed by atoms with Gasteiger partial charge in [0, 0.05) is 5.92 Å². The standard InChI is InChI=1S/C19H15OSi2/c21-20-22-18-14-8-7-13-17(18)19(15-9-3-1-4-10-15)16-11-5-2-6-12-16/h1-14,19H. The van der Waals surface area contributed by atoms with Crippen molar-refractivity contribution in [1.82, 2.24) is 0 Å². The van der Waals surface area contributed by atoms with Crippen molar-refractivity contribution >= 4 is 25.4 Å². The van der Waals surface area contributed by atoms with E-state index in [1.807, 2.05) is 0 Å². The average molecular weight is 316 g/mol. The highest BCUT2D eigenvalue weighted by atomic mass is 28.3. The molecule has 5 radical (unpaired) electrons. The first kappa shape index (κ1) is 15.0. The minimum atomic E-state index is 0.216. The summed E-state index contributed by atoms with van der Waals surface area (Å²) in [7, 11) is 3.43. The molecule has 0 aliphatic heterocycles. The molecule has 3 aromatic carbocycles. The van der Waals surface area contributed by atoms with Crippen molar-refractivity contribution in [3.63, 3.8) is 0 Å². The SMILES string of the molecule is [Si]O[Si]c1ccccc1C(c1ccccc1)c1ccccc1. The van der Waals surface area contributed by atoms with Gasteiger partial charge in [-0.3, -0.25) is 0 Å². The number of benzene rings is 3. The second-order valence-electron chi connectivity index (χ2n) is 5.05. The first-order chi connectivity index (χ1) is 10.9. The van der Waals surface area contributed by atoms with Crippen molar-refractivity contribution in [1.29, 1.82) is 0 Å². The van der Waals surface area contributed by atoms with Crippen LogP contribution in [0.1, 0.15) is 22.6 Å². The van der Waals surface area contributed by atoms with Crippen LogP contribution in [0.4, 0.5) is 0 Å². The smallest absolute Gasteiger partial charge is 0.256 e. The van der Waals surface area contributed by atoms with Crippen LogP contribution in [0.3, 0.4) is 0 Å². The van der Waals surface area contributed by atoms with Gasteiger partial charge >= 0.3 is 0 Å². The fourth-order valence-electron chi connectivity index (χ4n) is 2.74. The van der Waals surface area contributed by atoms with Crippen molar-refractivity contribution < 1.29 is 4.12 Å². The third-order valence-electron chi connectivity index (χ3n) is 3.70. The van der Waals surface area contributed by atoms with Crippen LogP contribution in [0, 0.1) is 0 Å². The van der Waals surface area contributed by atoms with E-state index in [2.05, 4.69) is 95.4 Å². The highest BCUT2D eigenvalue weighted by molar-refractivity contribution is 6.51. The van der Waals surface area contributed by atoms with Gasteiger partial charge in [0.15, 0.2) is 0 Å². The molecule has 0 aromatic heterocycles. The summed E-state index contributed by atoms with van der Waals surface area (Å²) in [6, 6.07) is 29.7. The van der Waals surface area contributed by atoms with Gasteiger partial charge in [0.05, 0.1) is 0 Å². The lowest BCUT2D eigenvalue weighted by atomic mass is 9.85. The lowest BCUT2D eigenvalue weighted by molar-refractivity contribution is 0.676. The van der Waals surface area contributed by atoms with Crippen LogP contribution < -0.4 is 5.19 Å². The van der Waals surface area contributed by atoms with E-state index in [4.69, 9.17) is 4.12 Å². The summed E-state index contributed by atoms with van der Waals surface area (Å²) in [4.78, 5) is 0. The Morgan fingerprint density at radius 2 is 1.18 bits per heavy atom. The van der Waals surface area contributed by atoms with Crippen LogP contribution in [0.2, 0.25) is 0 Å². The Morgan fingerprint density at radius 1 is 0.682 bits per heavy atom. The molecule has 0 N–H and O–H groups in total. The zero-order valence-corrected chi connectivity index (χ0v) is 14.1. The summed E-state index contributed by atoms with van der Waals surface area (Å²) in [6.07, 6.45) is 0. The molecule has 0 spiro atoms. The van der Waals surface area contributed by atoms with E-state index in [0.717, 1.165) is 0 Å². The van der Waals surface area contributed by atoms with E-state index in [-0.39, 0.29) is 15.7 Å². The van der Waals surface area contributed by atoms with E-state index in [1.54, 1.807) is 0 Å². The Balaban J connectivity index is 2.15. The molecule has 22 heavy (non-hydrogen) atoms. The average Bonchev–Trinajstić information content (AvgIpc) is 2.59. The molecule has 0 bridgehead atoms. The van der Waals surface area contributed by atoms with E-state index >= 15 is 0 Å². The van der Waals surface area contributed by atoms with E-state index in [9.17, 15) is 0 Å². The molecule has 0 aliphatic rings. The molecule has 3 heteroatoms. The molecule has 0 fully saturated rings. The summed E-state index contributed by atoms with van der Waals surface area (Å²) in [6.45, 7) is 0. The second kappa shape index (κ2) is 7.36. The van der Waals surface area contributed by atoms with E-state index in [0.29, 0.717) is 0 Å². The van der Waals surface area contributed by atoms with Gasteiger partial charge in [-0.15, -0.1) is 0 Å². The maximum absolute atomic E-state index is 5.22. The predicted octanol–water partition coefficient (Wildman–Crippen LogP) is 3.21. The zero-order valence-electron chi connectivity index (χ0n) is 12.1. The molecular weight excluding hydrogens is 300 g/mol. The number of rotatable bonds is 5. The quantitative estimate of drug-likeness (QED) is 0.519. The van der Waals surface area contributed by atoms with Gasteiger partial charge in [-0.05, 0) is 21.9 Å². The van der Waals surface area contributed by atoms with Crippen LogP contribution in [0.25, 0.3) is 0 Å². The fraction of sp³-hybridized carbons (Fsp3) is 0.0526. The molecule has 1 nitrogen and oxygen atoms in total. The number of hydrogen-bond donors (Lipinski definition) is 0. The lowest BCUT2D eigenvalue weighted by Crippen LogP contribution is -2.24. The minimum Gasteiger partial charge on any atom is -0.454 e. The lowest BCUT2D eigenvalue weighted by Gasteiger charge is -2.21. The first-order valence-electron chi connectivity index (χ1n) is 7.17. The summed E-state index contributed by atoms with van der Waals surface area (Å²) in [5.41, 5.74) is 3.87. The Kier molecular flexibility index (Phi) is 5.01. The van der Waals surface area contributed by atoms with Crippen molar-refractivity contribution in [3.05, 3.63) is 102 Å². The van der Waals surface area contributed by atoms with Gasteiger partial charge in [0.1, 0.15) is 0 Å². The molecule has 3 aromatic rings. The monoisotopic (exact) mass is 315 g/mol. The third-order valence-corrected chi connectivity index (χ3v) is 4.78. The van der Waals surface area contributed by atoms with Crippen molar-refractivity contribution in [3.8, 4) is 0 Å². The Bertz CT molecular complexity index is 674. The molecule has 0 saturated heterocycles. The van der Waals surface area contributed by atoms with Gasteiger partial charge in [-0.2, -0.15) is 0 Å². The molecule has 0 unspecified atom stereocenters. The maximum Gasteiger partial charge on any atom is 0.256 e. The maximum atomic E-state index is 5.22. The van der Waals surface area contributed by atoms with Crippen LogP contribution in [-0.4, -0.2) is 20.2 Å². The highest BCUT2D eigenvalue weighted by Gasteiger charge is 2.19. The van der Waals surface area contributed by atoms with Gasteiger partial charge in [-0.1, -0.05) is 84.9 Å². The molecule has 3 rings (SSSR count). The largest absolute Gasteiger partial charge is 0.454 e. The Labute approximate surface area is 137 Å². The summed E-state index contributed by atoms with van der Waals surface area (Å²) >= 11 is 0. The van der Waals surface area contributed by atoms with Gasteiger partial charge < -0.3 is 4.12 Å². The molecule has 0 amide bonds. The predicted molar refractivity (Wildman–Crippen MR) is 92.5 cm³/mol. The first-order valence-corrected chi connectivity index (χ1v) is 8.49. The third kappa shape index (κ3) is 3.27. The molecule has 0 heterocycles. The molecule has 0 atom stereocenters. The molecule has 0 aliphatic carbocycles. The van der Waals surface area contributed by atoms with Gasteiger partial charge in [0.2, 0.25) is 10.5 Å². The summed E-state index contributed by atoms with van der Waals surface area (Å²) < 4.78 is 5.22. The summed E-state index contributed by atoms with van der Waals surface area (Å²) in [5.74, 6) is 0.216. The van der Waals surface area contributed by atoms with Crippen LogP contribution in [0.15, 0.2) is 84.9 Å². The molecule has 105 valence electrons. The number of hydrogen-bond acceptors (Lipinski definition) is 1. The molecular formula is C19H15OSi2. The normalized spacial score (nSPS) is 10.8. The van der Waals surface area contributed by atoms with Gasteiger partial charge in [-0.25, -0.2) is 0 Å². The zero-order chi connectivity index (χ0) is 15.2. The Morgan fingerprint density at radius 3 is 1.73 bits per heavy atom. The topological polar surface area (TPSA) is 9.23 Å². The second-order valence-corrected chi connectivity index (χ2v) is 6.61. The van der Waals surface area contributed by atoms with Gasteiger partial charge in [0.25, 0.3) is 9.76 Å². The Hall–Kier alpha value is -1.95. The van der Waals surface area contributed by atoms with E-state index < -0.39 is 0 Å². The van der Waals surface area contributed by atoms with Crippen LogP contribution in [-0.2, 0) is 4.12 Å². The van der Waals surface area contributed by atoms with Crippen LogP contribution >= 0.6 is 0 Å². The van der Waals surface area contributed by atoms with Crippen LogP contribution in [0.5, 0.6) is 0 Å². The van der Waals surface area contributed by atoms with Crippen molar-refractivity contribution in [2.24, 2.45) is 0 Å². The van der Waals surface area contributed by atoms with Crippen molar-refractivity contribution in [2.75, 3.05) is 0 Å². The summed E-state index contributed by atoms with van der Waals surface area (Å²) in [5, 5.41) is 1.22. The van der Waals surface area contributed by atoms with E-state index in [1.165, 1.54) is 21.9 Å².